The first-order valence-electron chi connectivity index (χ1n) is 4.60. The Balaban J connectivity index is 1.98. The molecule has 0 aromatic rings. The Morgan fingerprint density at radius 3 is 2.50 bits per heavy atom. The Hall–Kier alpha value is -0.860. The molecule has 1 aliphatic heterocycles. The van der Waals surface area contributed by atoms with Crippen LogP contribution in [0.3, 0.4) is 0 Å². The van der Waals surface area contributed by atoms with E-state index in [1.165, 1.54) is 0 Å². The summed E-state index contributed by atoms with van der Waals surface area (Å²) in [6.45, 7) is 0.682. The average Bonchev–Trinajstić information content (AvgIpc) is 2.31. The summed E-state index contributed by atoms with van der Waals surface area (Å²) in [5.41, 5.74) is 0. The number of Topliss-reactive ketones (excluding diaryl/α,β-unsaturated/α-hetero) is 1. The third-order valence-electron chi connectivity index (χ3n) is 2.90. The summed E-state index contributed by atoms with van der Waals surface area (Å²) in [6.07, 6.45) is 3.88. The zero-order chi connectivity index (χ0) is 8.55. The molecule has 0 spiro atoms. The standard InChI is InChI=1S/C9H13NO2/c11-8(6-2-1-3-6)7-4-5-10-9(7)12/h6-7H,1-5H2,(H,10,12). The van der Waals surface area contributed by atoms with Crippen molar-refractivity contribution in [1.82, 2.24) is 5.32 Å². The quantitative estimate of drug-likeness (QED) is 0.608. The Morgan fingerprint density at radius 2 is 2.08 bits per heavy atom. The van der Waals surface area contributed by atoms with E-state index in [4.69, 9.17) is 0 Å². The summed E-state index contributed by atoms with van der Waals surface area (Å²) in [5, 5.41) is 2.69. The van der Waals surface area contributed by atoms with E-state index in [-0.39, 0.29) is 23.5 Å². The van der Waals surface area contributed by atoms with Crippen LogP contribution < -0.4 is 5.32 Å². The van der Waals surface area contributed by atoms with Crippen LogP contribution in [0.5, 0.6) is 0 Å². The minimum absolute atomic E-state index is 0.0492. The van der Waals surface area contributed by atoms with Crippen LogP contribution in [0.15, 0.2) is 0 Å². The maximum absolute atomic E-state index is 11.6. The maximum Gasteiger partial charge on any atom is 0.230 e. The van der Waals surface area contributed by atoms with Gasteiger partial charge >= 0.3 is 0 Å². The molecular formula is C9H13NO2. The summed E-state index contributed by atoms with van der Waals surface area (Å²) in [5.74, 6) is 0.0392. The van der Waals surface area contributed by atoms with Crippen molar-refractivity contribution in [3.8, 4) is 0 Å². The molecule has 0 aromatic heterocycles. The third-order valence-corrected chi connectivity index (χ3v) is 2.90. The van der Waals surface area contributed by atoms with Gasteiger partial charge in [0.25, 0.3) is 0 Å². The van der Waals surface area contributed by atoms with Crippen LogP contribution in [0.2, 0.25) is 0 Å². The van der Waals surface area contributed by atoms with E-state index >= 15 is 0 Å². The van der Waals surface area contributed by atoms with Crippen LogP contribution in [-0.4, -0.2) is 18.2 Å². The number of hydrogen-bond acceptors (Lipinski definition) is 2. The van der Waals surface area contributed by atoms with Crippen molar-refractivity contribution in [1.29, 1.82) is 0 Å². The molecule has 1 saturated heterocycles. The van der Waals surface area contributed by atoms with Crippen LogP contribution in [0.25, 0.3) is 0 Å². The Morgan fingerprint density at radius 1 is 1.33 bits per heavy atom. The lowest BCUT2D eigenvalue weighted by Gasteiger charge is -2.25. The summed E-state index contributed by atoms with van der Waals surface area (Å²) in [6, 6.07) is 0. The van der Waals surface area contributed by atoms with Crippen LogP contribution >= 0.6 is 0 Å². The second kappa shape index (κ2) is 2.88. The lowest BCUT2D eigenvalue weighted by Crippen LogP contribution is -2.33. The van der Waals surface area contributed by atoms with Gasteiger partial charge in [-0.3, -0.25) is 9.59 Å². The van der Waals surface area contributed by atoms with Gasteiger partial charge in [0.1, 0.15) is 5.78 Å². The fourth-order valence-electron chi connectivity index (χ4n) is 1.84. The first kappa shape index (κ1) is 7.77. The summed E-state index contributed by atoms with van der Waals surface area (Å²) < 4.78 is 0. The first-order valence-corrected chi connectivity index (χ1v) is 4.60. The van der Waals surface area contributed by atoms with Gasteiger partial charge in [-0.05, 0) is 19.3 Å². The van der Waals surface area contributed by atoms with Gasteiger partial charge in [0.05, 0.1) is 5.92 Å². The van der Waals surface area contributed by atoms with E-state index in [1.54, 1.807) is 0 Å². The van der Waals surface area contributed by atoms with Crippen molar-refractivity contribution < 1.29 is 9.59 Å². The highest BCUT2D eigenvalue weighted by Crippen LogP contribution is 2.31. The first-order chi connectivity index (χ1) is 5.79. The lowest BCUT2D eigenvalue weighted by atomic mass is 9.77. The topological polar surface area (TPSA) is 46.2 Å². The molecule has 3 nitrogen and oxygen atoms in total. The predicted octanol–water partition coefficient (Wildman–Crippen LogP) is 0.492. The number of rotatable bonds is 2. The number of nitrogens with one attached hydrogen (secondary N) is 1. The third kappa shape index (κ3) is 1.13. The van der Waals surface area contributed by atoms with E-state index < -0.39 is 0 Å². The largest absolute Gasteiger partial charge is 0.355 e. The summed E-state index contributed by atoms with van der Waals surface area (Å²) >= 11 is 0. The highest BCUT2D eigenvalue weighted by molar-refractivity contribution is 6.03. The van der Waals surface area contributed by atoms with Crippen LogP contribution in [0, 0.1) is 11.8 Å². The molecule has 0 radical (unpaired) electrons. The van der Waals surface area contributed by atoms with Gasteiger partial charge in [-0.15, -0.1) is 0 Å². The molecule has 1 heterocycles. The zero-order valence-electron chi connectivity index (χ0n) is 7.01. The lowest BCUT2D eigenvalue weighted by molar-refractivity contribution is -0.135. The van der Waals surface area contributed by atoms with E-state index in [9.17, 15) is 9.59 Å². The molecule has 1 saturated carbocycles. The molecule has 2 rings (SSSR count). The van der Waals surface area contributed by atoms with Crippen molar-refractivity contribution in [3.63, 3.8) is 0 Å². The maximum atomic E-state index is 11.6. The molecule has 12 heavy (non-hydrogen) atoms. The van der Waals surface area contributed by atoms with Crippen LogP contribution in [0.4, 0.5) is 0 Å². The molecule has 1 unspecified atom stereocenters. The molecule has 1 N–H and O–H groups in total. The molecule has 2 aliphatic rings. The molecule has 0 bridgehead atoms. The second-order valence-electron chi connectivity index (χ2n) is 3.66. The number of carbonyl (C=O) groups is 2. The highest BCUT2D eigenvalue weighted by atomic mass is 16.2. The summed E-state index contributed by atoms with van der Waals surface area (Å²) in [4.78, 5) is 22.7. The molecule has 1 aliphatic carbocycles. The van der Waals surface area contributed by atoms with Gasteiger partial charge in [-0.25, -0.2) is 0 Å². The predicted molar refractivity (Wildman–Crippen MR) is 43.5 cm³/mol. The Bertz CT molecular complexity index is 221. The minimum atomic E-state index is -0.310. The van der Waals surface area contributed by atoms with Crippen LogP contribution in [0.1, 0.15) is 25.7 Å². The van der Waals surface area contributed by atoms with Crippen molar-refractivity contribution in [2.24, 2.45) is 11.8 Å². The zero-order valence-corrected chi connectivity index (χ0v) is 7.01. The van der Waals surface area contributed by atoms with E-state index in [2.05, 4.69) is 5.32 Å². The second-order valence-corrected chi connectivity index (χ2v) is 3.66. The highest BCUT2D eigenvalue weighted by Gasteiger charge is 2.37. The Labute approximate surface area is 71.5 Å². The van der Waals surface area contributed by atoms with Gasteiger partial charge in [0.15, 0.2) is 0 Å². The number of ketones is 1. The van der Waals surface area contributed by atoms with Crippen LogP contribution in [-0.2, 0) is 9.59 Å². The van der Waals surface area contributed by atoms with Gasteiger partial charge in [-0.2, -0.15) is 0 Å². The minimum Gasteiger partial charge on any atom is -0.355 e. The van der Waals surface area contributed by atoms with Gasteiger partial charge < -0.3 is 5.32 Å². The SMILES string of the molecule is O=C1NCCC1C(=O)C1CCC1. The molecule has 66 valence electrons. The fraction of sp³-hybridized carbons (Fsp3) is 0.778. The monoisotopic (exact) mass is 167 g/mol. The molecule has 1 amide bonds. The van der Waals surface area contributed by atoms with Crippen molar-refractivity contribution in [2.75, 3.05) is 6.54 Å². The van der Waals surface area contributed by atoms with Crippen molar-refractivity contribution >= 4 is 11.7 Å². The summed E-state index contributed by atoms with van der Waals surface area (Å²) in [7, 11) is 0. The fourth-order valence-corrected chi connectivity index (χ4v) is 1.84. The van der Waals surface area contributed by atoms with E-state index in [0.29, 0.717) is 13.0 Å². The molecular weight excluding hydrogens is 154 g/mol. The van der Waals surface area contributed by atoms with E-state index in [0.717, 1.165) is 19.3 Å². The van der Waals surface area contributed by atoms with Gasteiger partial charge in [-0.1, -0.05) is 6.42 Å². The molecule has 3 heteroatoms. The number of hydrogen-bond donors (Lipinski definition) is 1. The van der Waals surface area contributed by atoms with Gasteiger partial charge in [0, 0.05) is 12.5 Å². The molecule has 2 fully saturated rings. The molecule has 0 aromatic carbocycles. The average molecular weight is 167 g/mol. The normalized spacial score (nSPS) is 29.7. The number of carbonyl (C=O) groups excluding carboxylic acids is 2. The smallest absolute Gasteiger partial charge is 0.230 e. The Kier molecular flexibility index (Phi) is 1.87. The van der Waals surface area contributed by atoms with Crippen molar-refractivity contribution in [2.45, 2.75) is 25.7 Å². The van der Waals surface area contributed by atoms with E-state index in [1.807, 2.05) is 0 Å². The van der Waals surface area contributed by atoms with Gasteiger partial charge in [0.2, 0.25) is 5.91 Å². The molecule has 1 atom stereocenters. The van der Waals surface area contributed by atoms with Crippen molar-refractivity contribution in [3.05, 3.63) is 0 Å². The number of amides is 1.